The highest BCUT2D eigenvalue weighted by atomic mass is 32.1. The molecule has 2 aromatic carbocycles. The smallest absolute Gasteiger partial charge is 0.189 e. The minimum absolute atomic E-state index is 0.415. The SMILES string of the molecule is CCc1ccc2nc(Nc3c(C#N)cnn3-c3cc(C)c4cccc(OC)c4n3)sc2c1. The van der Waals surface area contributed by atoms with Crippen molar-refractivity contribution in [3.8, 4) is 17.6 Å². The number of nitriles is 1. The molecule has 0 aliphatic heterocycles. The molecule has 5 aromatic rings. The van der Waals surface area contributed by atoms with Crippen molar-refractivity contribution in [2.75, 3.05) is 12.4 Å². The average molecular weight is 441 g/mol. The van der Waals surface area contributed by atoms with Crippen molar-refractivity contribution in [1.82, 2.24) is 19.7 Å². The number of pyridine rings is 1. The Morgan fingerprint density at radius 3 is 2.84 bits per heavy atom. The van der Waals surface area contributed by atoms with Gasteiger partial charge in [-0.3, -0.25) is 0 Å². The Kier molecular flexibility index (Phi) is 4.96. The van der Waals surface area contributed by atoms with Gasteiger partial charge in [-0.1, -0.05) is 36.5 Å². The summed E-state index contributed by atoms with van der Waals surface area (Å²) in [6, 6.07) is 16.3. The molecule has 0 unspecified atom stereocenters. The van der Waals surface area contributed by atoms with E-state index in [1.54, 1.807) is 23.1 Å². The molecule has 0 spiro atoms. The second-order valence-corrected chi connectivity index (χ2v) is 8.41. The van der Waals surface area contributed by atoms with E-state index < -0.39 is 0 Å². The lowest BCUT2D eigenvalue weighted by atomic mass is 10.1. The lowest BCUT2D eigenvalue weighted by Gasteiger charge is -2.12. The van der Waals surface area contributed by atoms with E-state index >= 15 is 0 Å². The first kappa shape index (κ1) is 20.0. The molecule has 0 fully saturated rings. The predicted octanol–water partition coefficient (Wildman–Crippen LogP) is 5.52. The van der Waals surface area contributed by atoms with Crippen LogP contribution in [0.3, 0.4) is 0 Å². The normalized spacial score (nSPS) is 11.1. The minimum Gasteiger partial charge on any atom is -0.494 e. The highest BCUT2D eigenvalue weighted by Crippen LogP contribution is 2.32. The van der Waals surface area contributed by atoms with E-state index in [1.807, 2.05) is 37.3 Å². The summed E-state index contributed by atoms with van der Waals surface area (Å²) in [5, 5.41) is 19.1. The number of fused-ring (bicyclic) bond motifs is 2. The Bertz CT molecular complexity index is 1510. The molecule has 0 aliphatic rings. The standard InChI is InChI=1S/C24H20N6OS/c1-4-15-8-9-18-20(11-15)32-24(27-18)29-23-16(12-25)13-26-30(23)21-10-14(2)17-6-5-7-19(31-3)22(17)28-21/h5-11,13H,4H2,1-3H3,(H,27,29). The molecule has 7 nitrogen and oxygen atoms in total. The fourth-order valence-corrected chi connectivity index (χ4v) is 4.64. The van der Waals surface area contributed by atoms with Gasteiger partial charge >= 0.3 is 0 Å². The van der Waals surface area contributed by atoms with Crippen LogP contribution in [-0.2, 0) is 6.42 Å². The van der Waals surface area contributed by atoms with Gasteiger partial charge in [-0.2, -0.15) is 15.0 Å². The second-order valence-electron chi connectivity index (χ2n) is 7.38. The largest absolute Gasteiger partial charge is 0.494 e. The molecule has 3 heterocycles. The van der Waals surface area contributed by atoms with Crippen molar-refractivity contribution in [2.24, 2.45) is 0 Å². The van der Waals surface area contributed by atoms with Crippen molar-refractivity contribution in [2.45, 2.75) is 20.3 Å². The fraction of sp³-hybridized carbons (Fsp3) is 0.167. The fourth-order valence-electron chi connectivity index (χ4n) is 3.72. The molecule has 32 heavy (non-hydrogen) atoms. The Hall–Kier alpha value is -3.96. The van der Waals surface area contributed by atoms with Crippen LogP contribution in [0.2, 0.25) is 0 Å². The van der Waals surface area contributed by atoms with E-state index in [2.05, 4.69) is 40.5 Å². The van der Waals surface area contributed by atoms with Crippen LogP contribution in [0, 0.1) is 18.3 Å². The molecule has 0 amide bonds. The van der Waals surface area contributed by atoms with Crippen LogP contribution in [0.4, 0.5) is 10.9 Å². The number of hydrogen-bond donors (Lipinski definition) is 1. The predicted molar refractivity (Wildman–Crippen MR) is 127 cm³/mol. The molecule has 5 rings (SSSR count). The van der Waals surface area contributed by atoms with E-state index in [4.69, 9.17) is 9.72 Å². The van der Waals surface area contributed by atoms with Crippen molar-refractivity contribution in [3.05, 3.63) is 65.4 Å². The summed E-state index contributed by atoms with van der Waals surface area (Å²) in [7, 11) is 1.63. The number of aryl methyl sites for hydroxylation is 2. The summed E-state index contributed by atoms with van der Waals surface area (Å²) in [6.07, 6.45) is 2.51. The lowest BCUT2D eigenvalue weighted by Crippen LogP contribution is -2.06. The van der Waals surface area contributed by atoms with Crippen molar-refractivity contribution < 1.29 is 4.74 Å². The third kappa shape index (κ3) is 3.33. The molecule has 3 aromatic heterocycles. The first-order chi connectivity index (χ1) is 15.6. The lowest BCUT2D eigenvalue weighted by molar-refractivity contribution is 0.419. The third-order valence-electron chi connectivity index (χ3n) is 5.41. The zero-order valence-electron chi connectivity index (χ0n) is 17.9. The van der Waals surface area contributed by atoms with Gasteiger partial charge in [0.2, 0.25) is 0 Å². The van der Waals surface area contributed by atoms with Gasteiger partial charge in [0, 0.05) is 5.39 Å². The van der Waals surface area contributed by atoms with Gasteiger partial charge in [0.05, 0.1) is 23.5 Å². The summed E-state index contributed by atoms with van der Waals surface area (Å²) in [5.41, 5.74) is 4.38. The number of ether oxygens (including phenoxy) is 1. The summed E-state index contributed by atoms with van der Waals surface area (Å²) in [6.45, 7) is 4.15. The number of aromatic nitrogens is 4. The van der Waals surface area contributed by atoms with Gasteiger partial charge in [-0.15, -0.1) is 0 Å². The Morgan fingerprint density at radius 1 is 1.19 bits per heavy atom. The summed E-state index contributed by atoms with van der Waals surface area (Å²) in [4.78, 5) is 9.49. The van der Waals surface area contributed by atoms with Gasteiger partial charge in [0.25, 0.3) is 0 Å². The quantitative estimate of drug-likeness (QED) is 0.387. The molecular weight excluding hydrogens is 420 g/mol. The minimum atomic E-state index is 0.415. The molecule has 0 atom stereocenters. The van der Waals surface area contributed by atoms with Gasteiger partial charge in [0.15, 0.2) is 16.8 Å². The number of rotatable bonds is 5. The third-order valence-corrected chi connectivity index (χ3v) is 6.34. The molecule has 8 heteroatoms. The number of nitrogens with one attached hydrogen (secondary N) is 1. The number of para-hydroxylation sites is 1. The average Bonchev–Trinajstić information content (AvgIpc) is 3.41. The number of hydrogen-bond acceptors (Lipinski definition) is 7. The first-order valence-corrected chi connectivity index (χ1v) is 11.0. The number of methoxy groups -OCH3 is 1. The summed E-state index contributed by atoms with van der Waals surface area (Å²) < 4.78 is 8.25. The number of nitrogens with zero attached hydrogens (tertiary/aromatic N) is 5. The number of benzene rings is 2. The van der Waals surface area contributed by atoms with Crippen LogP contribution in [0.15, 0.2) is 48.7 Å². The molecule has 1 N–H and O–H groups in total. The van der Waals surface area contributed by atoms with Crippen LogP contribution in [0.5, 0.6) is 5.75 Å². The van der Waals surface area contributed by atoms with E-state index in [-0.39, 0.29) is 0 Å². The van der Waals surface area contributed by atoms with E-state index in [0.29, 0.717) is 28.1 Å². The Morgan fingerprint density at radius 2 is 2.06 bits per heavy atom. The number of thiazole rings is 1. The first-order valence-electron chi connectivity index (χ1n) is 10.2. The van der Waals surface area contributed by atoms with E-state index in [1.165, 1.54) is 11.8 Å². The zero-order valence-corrected chi connectivity index (χ0v) is 18.7. The molecule has 0 saturated heterocycles. The van der Waals surface area contributed by atoms with Crippen LogP contribution in [-0.4, -0.2) is 26.9 Å². The molecule has 0 bridgehead atoms. The van der Waals surface area contributed by atoms with Gasteiger partial charge in [-0.05, 0) is 48.7 Å². The molecule has 0 saturated carbocycles. The Labute approximate surface area is 188 Å². The van der Waals surface area contributed by atoms with Crippen molar-refractivity contribution >= 4 is 43.4 Å². The van der Waals surface area contributed by atoms with Crippen molar-refractivity contribution in [3.63, 3.8) is 0 Å². The molecule has 0 aliphatic carbocycles. The summed E-state index contributed by atoms with van der Waals surface area (Å²) in [5.74, 6) is 1.81. The highest BCUT2D eigenvalue weighted by molar-refractivity contribution is 7.22. The molecule has 0 radical (unpaired) electrons. The molecule has 158 valence electrons. The molecular formula is C24H20N6OS. The second kappa shape index (κ2) is 7.94. The van der Waals surface area contributed by atoms with E-state index in [0.717, 1.165) is 33.1 Å². The van der Waals surface area contributed by atoms with E-state index in [9.17, 15) is 5.26 Å². The maximum Gasteiger partial charge on any atom is 0.189 e. The van der Waals surface area contributed by atoms with Gasteiger partial charge in [0.1, 0.15) is 22.9 Å². The van der Waals surface area contributed by atoms with Crippen LogP contribution in [0.25, 0.3) is 26.9 Å². The van der Waals surface area contributed by atoms with Crippen LogP contribution >= 0.6 is 11.3 Å². The Balaban J connectivity index is 1.62. The monoisotopic (exact) mass is 440 g/mol. The maximum absolute atomic E-state index is 9.67. The topological polar surface area (TPSA) is 88.7 Å². The van der Waals surface area contributed by atoms with Crippen LogP contribution < -0.4 is 10.1 Å². The number of anilines is 2. The maximum atomic E-state index is 9.67. The van der Waals surface area contributed by atoms with Gasteiger partial charge in [-0.25, -0.2) is 9.97 Å². The van der Waals surface area contributed by atoms with Crippen LogP contribution in [0.1, 0.15) is 23.6 Å². The summed E-state index contributed by atoms with van der Waals surface area (Å²) >= 11 is 1.55. The zero-order chi connectivity index (χ0) is 22.2. The van der Waals surface area contributed by atoms with Crippen molar-refractivity contribution in [1.29, 1.82) is 5.26 Å². The van der Waals surface area contributed by atoms with Gasteiger partial charge < -0.3 is 10.1 Å². The highest BCUT2D eigenvalue weighted by Gasteiger charge is 2.17.